The molecule has 4 nitrogen and oxygen atoms in total. The predicted molar refractivity (Wildman–Crippen MR) is 67.1 cm³/mol. The van der Waals surface area contributed by atoms with Gasteiger partial charge in [0.1, 0.15) is 5.54 Å². The second-order valence-corrected chi connectivity index (χ2v) is 5.42. The SMILES string of the molecule is CCNC(CN1CCCCC1)(C(=O)O)C1CC1. The van der Waals surface area contributed by atoms with E-state index in [1.54, 1.807) is 0 Å². The van der Waals surface area contributed by atoms with Gasteiger partial charge in [-0.15, -0.1) is 0 Å². The van der Waals surface area contributed by atoms with E-state index in [1.165, 1.54) is 19.3 Å². The summed E-state index contributed by atoms with van der Waals surface area (Å²) in [6, 6.07) is 0. The Morgan fingerprint density at radius 2 is 2.00 bits per heavy atom. The highest BCUT2D eigenvalue weighted by Crippen LogP contribution is 2.40. The number of rotatable bonds is 6. The van der Waals surface area contributed by atoms with Crippen molar-refractivity contribution in [1.82, 2.24) is 10.2 Å². The molecule has 1 aliphatic heterocycles. The quantitative estimate of drug-likeness (QED) is 0.735. The number of hydrogen-bond donors (Lipinski definition) is 2. The molecule has 1 saturated heterocycles. The minimum Gasteiger partial charge on any atom is -0.480 e. The van der Waals surface area contributed by atoms with Crippen molar-refractivity contribution in [2.45, 2.75) is 44.6 Å². The zero-order valence-corrected chi connectivity index (χ0v) is 10.7. The van der Waals surface area contributed by atoms with Gasteiger partial charge < -0.3 is 15.3 Å². The fraction of sp³-hybridized carbons (Fsp3) is 0.923. The number of aliphatic carboxylic acids is 1. The molecule has 1 unspecified atom stereocenters. The van der Waals surface area contributed by atoms with Crippen LogP contribution in [0.5, 0.6) is 0 Å². The van der Waals surface area contributed by atoms with Crippen LogP contribution in [0.1, 0.15) is 39.0 Å². The average Bonchev–Trinajstić information content (AvgIpc) is 3.13. The van der Waals surface area contributed by atoms with Crippen LogP contribution >= 0.6 is 0 Å². The Morgan fingerprint density at radius 3 is 2.47 bits per heavy atom. The van der Waals surface area contributed by atoms with Crippen molar-refractivity contribution < 1.29 is 9.90 Å². The predicted octanol–water partition coefficient (Wildman–Crippen LogP) is 1.32. The van der Waals surface area contributed by atoms with E-state index in [-0.39, 0.29) is 0 Å². The average molecular weight is 240 g/mol. The largest absolute Gasteiger partial charge is 0.480 e. The van der Waals surface area contributed by atoms with Gasteiger partial charge in [-0.2, -0.15) is 0 Å². The van der Waals surface area contributed by atoms with E-state index in [9.17, 15) is 9.90 Å². The van der Waals surface area contributed by atoms with Crippen LogP contribution in [0.15, 0.2) is 0 Å². The van der Waals surface area contributed by atoms with Crippen LogP contribution in [0, 0.1) is 5.92 Å². The van der Waals surface area contributed by atoms with Gasteiger partial charge in [0.15, 0.2) is 0 Å². The molecule has 17 heavy (non-hydrogen) atoms. The maximum absolute atomic E-state index is 11.7. The van der Waals surface area contributed by atoms with Crippen molar-refractivity contribution >= 4 is 5.97 Å². The van der Waals surface area contributed by atoms with Crippen LogP contribution in [0.4, 0.5) is 0 Å². The summed E-state index contributed by atoms with van der Waals surface area (Å²) in [4.78, 5) is 14.0. The maximum atomic E-state index is 11.7. The van der Waals surface area contributed by atoms with Crippen LogP contribution in [0.25, 0.3) is 0 Å². The maximum Gasteiger partial charge on any atom is 0.325 e. The number of piperidine rings is 1. The summed E-state index contributed by atoms with van der Waals surface area (Å²) in [7, 11) is 0. The Balaban J connectivity index is 2.05. The molecule has 0 aromatic rings. The molecule has 2 aliphatic rings. The van der Waals surface area contributed by atoms with Crippen molar-refractivity contribution in [2.24, 2.45) is 5.92 Å². The number of likely N-dealkylation sites (tertiary alicyclic amines) is 1. The topological polar surface area (TPSA) is 52.6 Å². The molecule has 1 heterocycles. The second-order valence-electron chi connectivity index (χ2n) is 5.42. The molecule has 1 atom stereocenters. The van der Waals surface area contributed by atoms with Crippen LogP contribution in [0.3, 0.4) is 0 Å². The molecule has 2 rings (SSSR count). The van der Waals surface area contributed by atoms with Gasteiger partial charge in [0, 0.05) is 6.54 Å². The summed E-state index contributed by atoms with van der Waals surface area (Å²) in [5.74, 6) is -0.325. The van der Waals surface area contributed by atoms with Crippen LogP contribution in [0.2, 0.25) is 0 Å². The van der Waals surface area contributed by atoms with Gasteiger partial charge in [-0.25, -0.2) is 0 Å². The Morgan fingerprint density at radius 1 is 1.35 bits per heavy atom. The zero-order valence-electron chi connectivity index (χ0n) is 10.7. The van der Waals surface area contributed by atoms with Crippen LogP contribution in [-0.2, 0) is 4.79 Å². The number of nitrogens with one attached hydrogen (secondary N) is 1. The minimum atomic E-state index is -0.688. The lowest BCUT2D eigenvalue weighted by molar-refractivity contribution is -0.147. The lowest BCUT2D eigenvalue weighted by Crippen LogP contribution is -2.61. The summed E-state index contributed by atoms with van der Waals surface area (Å²) in [5.41, 5.74) is -0.688. The highest BCUT2D eigenvalue weighted by Gasteiger charge is 2.51. The highest BCUT2D eigenvalue weighted by atomic mass is 16.4. The molecule has 4 heteroatoms. The molecule has 1 aliphatic carbocycles. The van der Waals surface area contributed by atoms with Gasteiger partial charge >= 0.3 is 5.97 Å². The monoisotopic (exact) mass is 240 g/mol. The molecule has 98 valence electrons. The number of carboxylic acids is 1. The lowest BCUT2D eigenvalue weighted by Gasteiger charge is -2.37. The third kappa shape index (κ3) is 2.80. The number of hydrogen-bond acceptors (Lipinski definition) is 3. The first-order valence-electron chi connectivity index (χ1n) is 6.90. The summed E-state index contributed by atoms with van der Waals surface area (Å²) < 4.78 is 0. The van der Waals surface area contributed by atoms with E-state index in [0.717, 1.165) is 32.5 Å². The Bertz CT molecular complexity index is 273. The molecule has 2 N–H and O–H groups in total. The van der Waals surface area contributed by atoms with E-state index < -0.39 is 11.5 Å². The van der Waals surface area contributed by atoms with E-state index in [1.807, 2.05) is 6.92 Å². The normalized spacial score (nSPS) is 25.5. The molecular weight excluding hydrogens is 216 g/mol. The van der Waals surface area contributed by atoms with Gasteiger partial charge in [0.2, 0.25) is 0 Å². The van der Waals surface area contributed by atoms with Gasteiger partial charge in [-0.05, 0) is 51.2 Å². The summed E-state index contributed by atoms with van der Waals surface area (Å²) >= 11 is 0. The molecule has 2 fully saturated rings. The molecule has 0 bridgehead atoms. The molecule has 0 amide bonds. The summed E-state index contributed by atoms with van der Waals surface area (Å²) in [6.45, 7) is 5.54. The Hall–Kier alpha value is -0.610. The molecule has 0 aromatic carbocycles. The molecule has 1 saturated carbocycles. The van der Waals surface area contributed by atoms with Crippen molar-refractivity contribution in [3.05, 3.63) is 0 Å². The smallest absolute Gasteiger partial charge is 0.325 e. The van der Waals surface area contributed by atoms with Gasteiger partial charge in [0.05, 0.1) is 0 Å². The van der Waals surface area contributed by atoms with E-state index >= 15 is 0 Å². The molecular formula is C13H24N2O2. The lowest BCUT2D eigenvalue weighted by atomic mass is 9.91. The first-order valence-corrected chi connectivity index (χ1v) is 6.90. The van der Waals surface area contributed by atoms with Gasteiger partial charge in [-0.1, -0.05) is 13.3 Å². The third-order valence-corrected chi connectivity index (χ3v) is 4.07. The molecule has 0 aromatic heterocycles. The minimum absolute atomic E-state index is 0.335. The number of nitrogens with zero attached hydrogens (tertiary/aromatic N) is 1. The zero-order chi connectivity index (χ0) is 12.3. The van der Waals surface area contributed by atoms with E-state index in [2.05, 4.69) is 10.2 Å². The van der Waals surface area contributed by atoms with E-state index in [0.29, 0.717) is 12.5 Å². The van der Waals surface area contributed by atoms with E-state index in [4.69, 9.17) is 0 Å². The van der Waals surface area contributed by atoms with Gasteiger partial charge in [0.25, 0.3) is 0 Å². The summed E-state index contributed by atoms with van der Waals surface area (Å²) in [6.07, 6.45) is 5.85. The van der Waals surface area contributed by atoms with Crippen molar-refractivity contribution in [2.75, 3.05) is 26.2 Å². The molecule has 0 spiro atoms. The molecule has 0 radical (unpaired) electrons. The third-order valence-electron chi connectivity index (χ3n) is 4.07. The fourth-order valence-corrected chi connectivity index (χ4v) is 3.01. The van der Waals surface area contributed by atoms with Crippen molar-refractivity contribution in [3.8, 4) is 0 Å². The summed E-state index contributed by atoms with van der Waals surface area (Å²) in [5, 5.41) is 12.9. The van der Waals surface area contributed by atoms with Crippen molar-refractivity contribution in [1.29, 1.82) is 0 Å². The first-order chi connectivity index (χ1) is 8.19. The number of carboxylic acid groups (broad SMARTS) is 1. The number of carbonyl (C=O) groups is 1. The van der Waals surface area contributed by atoms with Gasteiger partial charge in [-0.3, -0.25) is 4.79 Å². The van der Waals surface area contributed by atoms with Crippen molar-refractivity contribution in [3.63, 3.8) is 0 Å². The second kappa shape index (κ2) is 5.36. The van der Waals surface area contributed by atoms with Crippen LogP contribution in [-0.4, -0.2) is 47.7 Å². The Labute approximate surface area is 103 Å². The van der Waals surface area contributed by atoms with Crippen LogP contribution < -0.4 is 5.32 Å². The first kappa shape index (κ1) is 12.8. The fourth-order valence-electron chi connectivity index (χ4n) is 3.01. The Kier molecular flexibility index (Phi) is 4.05. The highest BCUT2D eigenvalue weighted by molar-refractivity contribution is 5.80. The number of likely N-dealkylation sites (N-methyl/N-ethyl adjacent to an activating group) is 1. The standard InChI is InChI=1S/C13H24N2O2/c1-2-14-13(12(16)17,11-6-7-11)10-15-8-4-3-5-9-15/h11,14H,2-10H2,1H3,(H,16,17).